The zero-order valence-electron chi connectivity index (χ0n) is 24.5. The summed E-state index contributed by atoms with van der Waals surface area (Å²) in [6, 6.07) is 1.26. The van der Waals surface area contributed by atoms with Gasteiger partial charge in [0.2, 0.25) is 5.91 Å². The summed E-state index contributed by atoms with van der Waals surface area (Å²) in [7, 11) is 0. The van der Waals surface area contributed by atoms with Gasteiger partial charge in [-0.3, -0.25) is 4.79 Å². The number of nitrogens with one attached hydrogen (secondary N) is 1. The highest BCUT2D eigenvalue weighted by molar-refractivity contribution is 5.94. The van der Waals surface area contributed by atoms with Crippen LogP contribution in [0.3, 0.4) is 0 Å². The zero-order valence-corrected chi connectivity index (χ0v) is 24.5. The van der Waals surface area contributed by atoms with E-state index in [-0.39, 0.29) is 56.5 Å². The number of carbonyl (C=O) groups excluding carboxylic acids is 2. The van der Waals surface area contributed by atoms with Crippen LogP contribution in [0.25, 0.3) is 0 Å². The second kappa shape index (κ2) is 10.9. The number of amides is 2. The minimum absolute atomic E-state index is 0.0713. The number of benzene rings is 1. The first-order valence-corrected chi connectivity index (χ1v) is 14.0. The minimum atomic E-state index is -4.88. The van der Waals surface area contributed by atoms with Gasteiger partial charge in [-0.1, -0.05) is 12.1 Å². The number of anilines is 1. The van der Waals surface area contributed by atoms with Crippen molar-refractivity contribution < 1.29 is 41.0 Å². The molecule has 43 heavy (non-hydrogen) atoms. The molecule has 5 rings (SSSR count). The molecule has 234 valence electrons. The molecule has 3 aliphatic heterocycles. The number of likely N-dealkylation sites (tertiary alicyclic amines) is 1. The topological polar surface area (TPSA) is 96.9 Å². The van der Waals surface area contributed by atoms with Crippen LogP contribution in [-0.4, -0.2) is 75.9 Å². The van der Waals surface area contributed by atoms with Crippen molar-refractivity contribution in [3.63, 3.8) is 0 Å². The van der Waals surface area contributed by atoms with Crippen LogP contribution in [0.5, 0.6) is 0 Å². The highest BCUT2D eigenvalue weighted by Crippen LogP contribution is 2.45. The predicted octanol–water partition coefficient (Wildman–Crippen LogP) is 5.07. The molecule has 1 aromatic carbocycles. The molecule has 1 N–H and O–H groups in total. The van der Waals surface area contributed by atoms with E-state index in [9.17, 15) is 22.8 Å². The number of nitrogens with zero attached hydrogens (tertiary/aromatic N) is 4. The van der Waals surface area contributed by atoms with Gasteiger partial charge < -0.3 is 24.6 Å². The lowest BCUT2D eigenvalue weighted by molar-refractivity contribution is -0.154. The van der Waals surface area contributed by atoms with Gasteiger partial charge in [0.05, 0.1) is 36.5 Å². The SMILES string of the molecule is Cc1nc(N[C@H](C)c2cccc(C(F)(F)F)c2F)c2c(n1)C1(CN(C(=O)OC(C)(C)C)C1)C(=O)N([C@H]1CCOC[C@@H]1F)C2. The van der Waals surface area contributed by atoms with Crippen LogP contribution in [0.15, 0.2) is 18.2 Å². The lowest BCUT2D eigenvalue weighted by Crippen LogP contribution is -2.72. The van der Waals surface area contributed by atoms with Gasteiger partial charge >= 0.3 is 12.3 Å². The molecule has 4 heterocycles. The summed E-state index contributed by atoms with van der Waals surface area (Å²) >= 11 is 0. The summed E-state index contributed by atoms with van der Waals surface area (Å²) in [6.45, 7) is 8.08. The van der Waals surface area contributed by atoms with Crippen molar-refractivity contribution in [2.24, 2.45) is 0 Å². The van der Waals surface area contributed by atoms with E-state index in [2.05, 4.69) is 15.3 Å². The third-order valence-electron chi connectivity index (χ3n) is 7.95. The van der Waals surface area contributed by atoms with Gasteiger partial charge in [-0.05, 0) is 47.1 Å². The maximum Gasteiger partial charge on any atom is 0.419 e. The van der Waals surface area contributed by atoms with Crippen molar-refractivity contribution in [1.29, 1.82) is 0 Å². The Balaban J connectivity index is 1.54. The highest BCUT2D eigenvalue weighted by atomic mass is 19.4. The summed E-state index contributed by atoms with van der Waals surface area (Å²) in [4.78, 5) is 38.8. The zero-order chi connectivity index (χ0) is 31.5. The predicted molar refractivity (Wildman–Crippen MR) is 144 cm³/mol. The van der Waals surface area contributed by atoms with E-state index in [1.165, 1.54) is 22.8 Å². The van der Waals surface area contributed by atoms with E-state index < -0.39 is 58.8 Å². The van der Waals surface area contributed by atoms with Crippen LogP contribution >= 0.6 is 0 Å². The molecular weight excluding hydrogens is 577 g/mol. The Morgan fingerprint density at radius 2 is 1.91 bits per heavy atom. The van der Waals surface area contributed by atoms with Crippen LogP contribution in [0.1, 0.15) is 68.4 Å². The van der Waals surface area contributed by atoms with Gasteiger partial charge in [-0.15, -0.1) is 0 Å². The quantitative estimate of drug-likeness (QED) is 0.482. The molecule has 1 aromatic heterocycles. The standard InChI is InChI=1S/C29H34F5N5O4/c1-15(17-7-6-8-19(22(17)31)29(32,33)34)35-24-18-11-39(21-9-10-42-12-20(21)30)25(40)28(23(18)36-16(2)37-24)13-38(14-28)26(41)43-27(3,4)5/h6-8,15,20-21H,9-14H2,1-5H3,(H,35,36,37)/t15-,20+,21+/m1/s1. The molecule has 1 spiro atoms. The Morgan fingerprint density at radius 1 is 1.21 bits per heavy atom. The molecule has 0 bridgehead atoms. The van der Waals surface area contributed by atoms with E-state index in [0.717, 1.165) is 6.07 Å². The molecule has 2 aromatic rings. The van der Waals surface area contributed by atoms with Crippen molar-refractivity contribution in [1.82, 2.24) is 19.8 Å². The van der Waals surface area contributed by atoms with Crippen molar-refractivity contribution in [2.75, 3.05) is 31.6 Å². The van der Waals surface area contributed by atoms with Crippen LogP contribution in [0, 0.1) is 12.7 Å². The van der Waals surface area contributed by atoms with E-state index in [4.69, 9.17) is 9.47 Å². The molecule has 14 heteroatoms. The van der Waals surface area contributed by atoms with Crippen LogP contribution in [0.4, 0.5) is 32.6 Å². The number of ether oxygens (including phenoxy) is 2. The summed E-state index contributed by atoms with van der Waals surface area (Å²) in [6.07, 6.45) is -6.71. The summed E-state index contributed by atoms with van der Waals surface area (Å²) in [5.41, 5.74) is -2.95. The molecule has 2 saturated heterocycles. The van der Waals surface area contributed by atoms with Gasteiger partial charge in [0.25, 0.3) is 0 Å². The maximum atomic E-state index is 15.1. The number of alkyl halides is 4. The van der Waals surface area contributed by atoms with Gasteiger partial charge in [0.1, 0.15) is 34.6 Å². The Morgan fingerprint density at radius 3 is 2.53 bits per heavy atom. The fraction of sp³-hybridized carbons (Fsp3) is 0.586. The molecular formula is C29H34F5N5O4. The fourth-order valence-electron chi connectivity index (χ4n) is 5.92. The average Bonchev–Trinajstić information content (AvgIpc) is 2.86. The summed E-state index contributed by atoms with van der Waals surface area (Å²) < 4.78 is 81.1. The van der Waals surface area contributed by atoms with Crippen LogP contribution in [-0.2, 0) is 32.4 Å². The number of halogens is 5. The number of aromatic nitrogens is 2. The highest BCUT2D eigenvalue weighted by Gasteiger charge is 2.60. The third kappa shape index (κ3) is 5.73. The fourth-order valence-corrected chi connectivity index (χ4v) is 5.92. The summed E-state index contributed by atoms with van der Waals surface area (Å²) in [5, 5.41) is 3.03. The van der Waals surface area contributed by atoms with Gasteiger partial charge in [-0.25, -0.2) is 23.5 Å². The maximum absolute atomic E-state index is 15.1. The second-order valence-corrected chi connectivity index (χ2v) is 12.3. The molecule has 2 fully saturated rings. The molecule has 3 atom stereocenters. The Kier molecular flexibility index (Phi) is 7.81. The van der Waals surface area contributed by atoms with E-state index in [1.54, 1.807) is 27.7 Å². The first-order valence-electron chi connectivity index (χ1n) is 14.0. The molecule has 2 amide bonds. The van der Waals surface area contributed by atoms with Crippen molar-refractivity contribution >= 4 is 17.8 Å². The number of carbonyl (C=O) groups is 2. The first-order chi connectivity index (χ1) is 20.0. The lowest BCUT2D eigenvalue weighted by Gasteiger charge is -2.54. The van der Waals surface area contributed by atoms with Gasteiger partial charge in [0, 0.05) is 30.8 Å². The number of hydrogen-bond acceptors (Lipinski definition) is 7. The Labute approximate surface area is 245 Å². The number of rotatable bonds is 4. The lowest BCUT2D eigenvalue weighted by atomic mass is 9.71. The number of hydrogen-bond donors (Lipinski definition) is 1. The van der Waals surface area contributed by atoms with Gasteiger partial charge in [-0.2, -0.15) is 13.2 Å². The normalized spacial score (nSPS) is 22.6. The summed E-state index contributed by atoms with van der Waals surface area (Å²) in [5.74, 6) is -1.36. The minimum Gasteiger partial charge on any atom is -0.444 e. The molecule has 0 unspecified atom stereocenters. The van der Waals surface area contributed by atoms with E-state index >= 15 is 8.78 Å². The third-order valence-corrected chi connectivity index (χ3v) is 7.95. The molecule has 0 radical (unpaired) electrons. The monoisotopic (exact) mass is 611 g/mol. The smallest absolute Gasteiger partial charge is 0.419 e. The van der Waals surface area contributed by atoms with Crippen LogP contribution < -0.4 is 5.32 Å². The largest absolute Gasteiger partial charge is 0.444 e. The number of aryl methyl sites for hydroxylation is 1. The van der Waals surface area contributed by atoms with Crippen molar-refractivity contribution in [3.05, 3.63) is 52.2 Å². The molecule has 0 aliphatic carbocycles. The second-order valence-electron chi connectivity index (χ2n) is 12.3. The van der Waals surface area contributed by atoms with Crippen molar-refractivity contribution in [3.8, 4) is 0 Å². The molecule has 9 nitrogen and oxygen atoms in total. The molecule has 3 aliphatic rings. The average molecular weight is 612 g/mol. The first kappa shape index (κ1) is 30.9. The van der Waals surface area contributed by atoms with Crippen molar-refractivity contribution in [2.45, 2.75) is 83.0 Å². The van der Waals surface area contributed by atoms with Crippen LogP contribution in [0.2, 0.25) is 0 Å². The molecule has 0 saturated carbocycles. The van der Waals surface area contributed by atoms with E-state index in [0.29, 0.717) is 17.3 Å². The Bertz CT molecular complexity index is 1420. The van der Waals surface area contributed by atoms with Gasteiger partial charge in [0.15, 0.2) is 0 Å². The van der Waals surface area contributed by atoms with E-state index in [1.807, 2.05) is 0 Å². The Hall–Kier alpha value is -3.55. The number of fused-ring (bicyclic) bond motifs is 2.